The Balaban J connectivity index is 3.90. The minimum atomic E-state index is -0.0488. The third-order valence-corrected chi connectivity index (χ3v) is 10.8. The fourth-order valence-corrected chi connectivity index (χ4v) is 7.27. The van der Waals surface area contributed by atoms with Gasteiger partial charge in [0, 0.05) is 26.0 Å². The second-order valence-electron chi connectivity index (χ2n) is 16.0. The van der Waals surface area contributed by atoms with Crippen LogP contribution >= 0.6 is 0 Å². The molecule has 0 saturated heterocycles. The normalized spacial score (nSPS) is 11.7. The molecule has 0 saturated carbocycles. The lowest BCUT2D eigenvalue weighted by molar-refractivity contribution is -0.143. The maximum atomic E-state index is 12.5. The Hall–Kier alpha value is -0.980. The van der Waals surface area contributed by atoms with E-state index in [-0.39, 0.29) is 18.4 Å². The summed E-state index contributed by atoms with van der Waals surface area (Å²) in [5.74, 6) is 0.824. The van der Waals surface area contributed by atoms with Gasteiger partial charge in [-0.15, -0.1) is 0 Å². The number of Topliss-reactive ketones (excluding diaryl/α,β-unsaturated/α-hetero) is 1. The Morgan fingerprint density at radius 3 is 1.44 bits per heavy atom. The summed E-state index contributed by atoms with van der Waals surface area (Å²) in [4.78, 5) is 26.9. The minimum absolute atomic E-state index is 0.0488. The molecule has 0 aliphatic carbocycles. The van der Waals surface area contributed by atoms with Crippen LogP contribution in [-0.2, 0) is 19.1 Å². The zero-order valence-corrected chi connectivity index (χ0v) is 35.4. The fraction of sp³-hybridized carbons (Fsp3) is 0.957. The molecule has 0 atom stereocenters. The molecule has 0 aliphatic rings. The van der Waals surface area contributed by atoms with Crippen LogP contribution < -0.4 is 0 Å². The first-order chi connectivity index (χ1) is 25.6. The molecule has 0 spiro atoms. The van der Waals surface area contributed by atoms with Gasteiger partial charge in [-0.05, 0) is 64.0 Å². The third-order valence-electron chi connectivity index (χ3n) is 10.8. The van der Waals surface area contributed by atoms with Crippen LogP contribution in [0.2, 0.25) is 0 Å². The number of hydrogen-bond donors (Lipinski definition) is 1. The molecular weight excluding hydrogens is 647 g/mol. The Bertz CT molecular complexity index is 716. The summed E-state index contributed by atoms with van der Waals surface area (Å²) in [7, 11) is 0. The Kier molecular flexibility index (Phi) is 42.0. The number of nitrogens with zero attached hydrogens (tertiary/aromatic N) is 1. The Labute approximate surface area is 324 Å². The molecule has 0 radical (unpaired) electrons. The smallest absolute Gasteiger partial charge is 0.305 e. The van der Waals surface area contributed by atoms with Gasteiger partial charge in [-0.1, -0.05) is 175 Å². The third kappa shape index (κ3) is 38.7. The van der Waals surface area contributed by atoms with E-state index < -0.39 is 0 Å². The van der Waals surface area contributed by atoms with Crippen molar-refractivity contribution in [1.29, 1.82) is 0 Å². The van der Waals surface area contributed by atoms with Gasteiger partial charge in [0.2, 0.25) is 0 Å². The minimum Gasteiger partial charge on any atom is -0.466 e. The van der Waals surface area contributed by atoms with Gasteiger partial charge in [0.05, 0.1) is 13.2 Å². The maximum absolute atomic E-state index is 12.5. The highest BCUT2D eigenvalue weighted by atomic mass is 16.5. The second kappa shape index (κ2) is 42.8. The highest BCUT2D eigenvalue weighted by Gasteiger charge is 2.11. The molecule has 0 amide bonds. The van der Waals surface area contributed by atoms with Crippen molar-refractivity contribution in [2.75, 3.05) is 46.1 Å². The zero-order valence-electron chi connectivity index (χ0n) is 35.4. The molecule has 52 heavy (non-hydrogen) atoms. The molecule has 1 N–H and O–H groups in total. The van der Waals surface area contributed by atoms with Crippen molar-refractivity contribution in [2.24, 2.45) is 5.92 Å². The van der Waals surface area contributed by atoms with Gasteiger partial charge in [0.25, 0.3) is 0 Å². The summed E-state index contributed by atoms with van der Waals surface area (Å²) in [6, 6.07) is 0. The largest absolute Gasteiger partial charge is 0.466 e. The average molecular weight is 738 g/mol. The number of carbonyl (C=O) groups excluding carboxylic acids is 2. The van der Waals surface area contributed by atoms with Gasteiger partial charge in [0.15, 0.2) is 5.78 Å². The molecule has 0 aliphatic heterocycles. The van der Waals surface area contributed by atoms with Gasteiger partial charge < -0.3 is 19.5 Å². The van der Waals surface area contributed by atoms with Crippen LogP contribution in [0.4, 0.5) is 0 Å². The predicted octanol–water partition coefficient (Wildman–Crippen LogP) is 13.0. The van der Waals surface area contributed by atoms with Crippen LogP contribution in [0.25, 0.3) is 0 Å². The Morgan fingerprint density at radius 2 is 0.923 bits per heavy atom. The van der Waals surface area contributed by atoms with E-state index in [4.69, 9.17) is 9.47 Å². The monoisotopic (exact) mass is 738 g/mol. The lowest BCUT2D eigenvalue weighted by Crippen LogP contribution is -2.29. The van der Waals surface area contributed by atoms with E-state index in [1.54, 1.807) is 0 Å². The van der Waals surface area contributed by atoms with Crippen LogP contribution in [0.15, 0.2) is 0 Å². The van der Waals surface area contributed by atoms with Crippen LogP contribution in [0.3, 0.4) is 0 Å². The standard InChI is InChI=1S/C46H91NO5/c1-4-7-10-13-16-17-18-24-32-41-52-46(50)36-29-25-31-38-47(39-40-48)37-30-23-19-22-28-35-45(49)43-51-42-44(33-26-20-14-11-8-5-2)34-27-21-15-12-9-6-3/h44,48H,4-43H2,1-3H3. The second-order valence-corrected chi connectivity index (χ2v) is 16.0. The van der Waals surface area contributed by atoms with Gasteiger partial charge in [-0.3, -0.25) is 9.59 Å². The number of ketones is 1. The first-order valence-electron chi connectivity index (χ1n) is 23.2. The summed E-state index contributed by atoms with van der Waals surface area (Å²) in [5.41, 5.74) is 0. The summed E-state index contributed by atoms with van der Waals surface area (Å²) in [5, 5.41) is 9.53. The number of aliphatic hydroxyl groups is 1. The molecule has 6 heteroatoms. The summed E-state index contributed by atoms with van der Waals surface area (Å²) < 4.78 is 11.4. The van der Waals surface area contributed by atoms with Crippen molar-refractivity contribution in [3.63, 3.8) is 0 Å². The molecule has 0 bridgehead atoms. The van der Waals surface area contributed by atoms with Crippen molar-refractivity contribution in [2.45, 2.75) is 233 Å². The number of esters is 1. The molecule has 0 aromatic carbocycles. The molecule has 0 aromatic heterocycles. The average Bonchev–Trinajstić information content (AvgIpc) is 3.14. The van der Waals surface area contributed by atoms with Gasteiger partial charge in [-0.2, -0.15) is 0 Å². The number of ether oxygens (including phenoxy) is 2. The van der Waals surface area contributed by atoms with Crippen molar-refractivity contribution < 1.29 is 24.2 Å². The van der Waals surface area contributed by atoms with E-state index in [2.05, 4.69) is 25.7 Å². The molecule has 0 unspecified atom stereocenters. The maximum Gasteiger partial charge on any atom is 0.305 e. The number of hydrogen-bond acceptors (Lipinski definition) is 6. The van der Waals surface area contributed by atoms with E-state index in [0.717, 1.165) is 83.9 Å². The van der Waals surface area contributed by atoms with Gasteiger partial charge in [-0.25, -0.2) is 0 Å². The predicted molar refractivity (Wildman–Crippen MR) is 223 cm³/mol. The summed E-state index contributed by atoms with van der Waals surface area (Å²) in [6.45, 7) is 11.3. The first kappa shape index (κ1) is 51.0. The Morgan fingerprint density at radius 1 is 0.500 bits per heavy atom. The van der Waals surface area contributed by atoms with E-state index in [1.165, 1.54) is 135 Å². The van der Waals surface area contributed by atoms with Crippen molar-refractivity contribution in [3.05, 3.63) is 0 Å². The van der Waals surface area contributed by atoms with Crippen LogP contribution in [0.5, 0.6) is 0 Å². The molecule has 0 fully saturated rings. The van der Waals surface area contributed by atoms with Crippen molar-refractivity contribution in [3.8, 4) is 0 Å². The van der Waals surface area contributed by atoms with Gasteiger partial charge >= 0.3 is 5.97 Å². The van der Waals surface area contributed by atoms with Crippen LogP contribution in [0.1, 0.15) is 233 Å². The molecule has 0 rings (SSSR count). The lowest BCUT2D eigenvalue weighted by atomic mass is 9.94. The summed E-state index contributed by atoms with van der Waals surface area (Å²) >= 11 is 0. The molecule has 0 aromatic rings. The number of aliphatic hydroxyl groups excluding tert-OH is 1. The van der Waals surface area contributed by atoms with Gasteiger partial charge in [0.1, 0.15) is 6.61 Å². The molecular formula is C46H91NO5. The number of unbranched alkanes of at least 4 members (excludes halogenated alkanes) is 24. The number of rotatable bonds is 44. The lowest BCUT2D eigenvalue weighted by Gasteiger charge is -2.21. The SMILES string of the molecule is CCCCCCCCCCCOC(=O)CCCCCN(CCO)CCCCCCCC(=O)COCC(CCCCCCCC)CCCCCCCC. The van der Waals surface area contributed by atoms with E-state index in [1.807, 2.05) is 0 Å². The highest BCUT2D eigenvalue weighted by Crippen LogP contribution is 2.20. The van der Waals surface area contributed by atoms with Crippen LogP contribution in [-0.4, -0.2) is 67.8 Å². The van der Waals surface area contributed by atoms with Crippen molar-refractivity contribution in [1.82, 2.24) is 4.90 Å². The quantitative estimate of drug-likeness (QED) is 0.0496. The molecule has 310 valence electrons. The van der Waals surface area contributed by atoms with E-state index in [0.29, 0.717) is 38.5 Å². The summed E-state index contributed by atoms with van der Waals surface area (Å²) in [6.07, 6.45) is 39.6. The number of carbonyl (C=O) groups is 2. The van der Waals surface area contributed by atoms with E-state index in [9.17, 15) is 14.7 Å². The molecule has 0 heterocycles. The first-order valence-corrected chi connectivity index (χ1v) is 23.2. The van der Waals surface area contributed by atoms with Crippen LogP contribution in [0, 0.1) is 5.92 Å². The highest BCUT2D eigenvalue weighted by molar-refractivity contribution is 5.79. The van der Waals surface area contributed by atoms with E-state index >= 15 is 0 Å². The zero-order chi connectivity index (χ0) is 38.0. The molecule has 6 nitrogen and oxygen atoms in total. The topological polar surface area (TPSA) is 76.1 Å². The fourth-order valence-electron chi connectivity index (χ4n) is 7.27. The van der Waals surface area contributed by atoms with Crippen molar-refractivity contribution >= 4 is 11.8 Å².